The quantitative estimate of drug-likeness (QED) is 0.485. The second-order valence-corrected chi connectivity index (χ2v) is 8.54. The van der Waals surface area contributed by atoms with E-state index in [0.29, 0.717) is 23.4 Å². The average molecular weight is 447 g/mol. The lowest BCUT2D eigenvalue weighted by molar-refractivity contribution is -0.0498. The van der Waals surface area contributed by atoms with Crippen LogP contribution in [0.3, 0.4) is 0 Å². The van der Waals surface area contributed by atoms with E-state index in [1.54, 1.807) is 0 Å². The maximum Gasteiger partial charge on any atom is 0.387 e. The monoisotopic (exact) mass is 447 g/mol. The largest absolute Gasteiger partial charge is 0.435 e. The smallest absolute Gasteiger partial charge is 0.387 e. The fourth-order valence-electron chi connectivity index (χ4n) is 3.78. The van der Waals surface area contributed by atoms with E-state index in [1.165, 1.54) is 30.5 Å². The van der Waals surface area contributed by atoms with Gasteiger partial charge in [-0.3, -0.25) is 0 Å². The number of ether oxygens (including phenoxy) is 1. The first-order chi connectivity index (χ1) is 15.2. The summed E-state index contributed by atoms with van der Waals surface area (Å²) in [5.41, 5.74) is 0.570. The summed E-state index contributed by atoms with van der Waals surface area (Å²) in [5.74, 6) is 0.636. The molecule has 0 radical (unpaired) electrons. The van der Waals surface area contributed by atoms with Gasteiger partial charge in [-0.05, 0) is 42.4 Å². The minimum absolute atomic E-state index is 0.00783. The molecule has 1 fully saturated rings. The zero-order valence-electron chi connectivity index (χ0n) is 17.9. The number of aliphatic hydroxyl groups is 2. The minimum atomic E-state index is -2.91. The fourth-order valence-corrected chi connectivity index (χ4v) is 3.78. The zero-order valence-corrected chi connectivity index (χ0v) is 17.9. The topological polar surface area (TPSA) is 123 Å². The molecule has 32 heavy (non-hydrogen) atoms. The number of alkyl halides is 2. The standard InChI is InChI=1S/C22H27F2N5O3/c1-22(2)9-15(5-8-18(22)31)28-19-14(10-25)11-26-21(29-19)27-12-17(30)13-3-6-16(7-4-13)32-20(23)24/h3-4,6-7,11,15,17-18,20,30-31H,5,8-9,12H2,1-2H3,(H2,26,27,28,29)/t15-,17?,18+/m0/s1. The van der Waals surface area contributed by atoms with Crippen LogP contribution >= 0.6 is 0 Å². The Morgan fingerprint density at radius 1 is 1.28 bits per heavy atom. The molecule has 2 aromatic rings. The van der Waals surface area contributed by atoms with Gasteiger partial charge in [-0.1, -0.05) is 26.0 Å². The number of nitrogens with one attached hydrogen (secondary N) is 2. The van der Waals surface area contributed by atoms with Crippen LogP contribution in [0.25, 0.3) is 0 Å². The Balaban J connectivity index is 1.63. The predicted molar refractivity (Wildman–Crippen MR) is 114 cm³/mol. The van der Waals surface area contributed by atoms with E-state index >= 15 is 0 Å². The molecule has 10 heteroatoms. The molecular formula is C22H27F2N5O3. The third-order valence-corrected chi connectivity index (χ3v) is 5.66. The molecule has 3 atom stereocenters. The Bertz CT molecular complexity index is 950. The summed E-state index contributed by atoms with van der Waals surface area (Å²) in [7, 11) is 0. The number of halogens is 2. The van der Waals surface area contributed by atoms with E-state index < -0.39 is 12.7 Å². The molecule has 1 saturated carbocycles. The van der Waals surface area contributed by atoms with Crippen molar-refractivity contribution >= 4 is 11.8 Å². The third-order valence-electron chi connectivity index (χ3n) is 5.66. The predicted octanol–water partition coefficient (Wildman–Crippen LogP) is 3.45. The fraction of sp³-hybridized carbons (Fsp3) is 0.500. The van der Waals surface area contributed by atoms with Gasteiger partial charge < -0.3 is 25.6 Å². The summed E-state index contributed by atoms with van der Waals surface area (Å²) in [6, 6.07) is 7.83. The number of anilines is 2. The second-order valence-electron chi connectivity index (χ2n) is 8.54. The number of nitrogens with zero attached hydrogens (tertiary/aromatic N) is 3. The maximum absolute atomic E-state index is 12.2. The van der Waals surface area contributed by atoms with Crippen LogP contribution < -0.4 is 15.4 Å². The van der Waals surface area contributed by atoms with Crippen molar-refractivity contribution in [1.29, 1.82) is 5.26 Å². The van der Waals surface area contributed by atoms with Crippen LogP contribution in [-0.2, 0) is 0 Å². The van der Waals surface area contributed by atoms with Crippen LogP contribution in [0.1, 0.15) is 50.3 Å². The first-order valence-electron chi connectivity index (χ1n) is 10.4. The number of hydrogen-bond donors (Lipinski definition) is 4. The van der Waals surface area contributed by atoms with E-state index in [1.807, 2.05) is 13.8 Å². The van der Waals surface area contributed by atoms with E-state index in [9.17, 15) is 24.3 Å². The Kier molecular flexibility index (Phi) is 7.43. The van der Waals surface area contributed by atoms with Crippen molar-refractivity contribution in [3.05, 3.63) is 41.6 Å². The molecule has 1 aliphatic rings. The van der Waals surface area contributed by atoms with E-state index in [2.05, 4.69) is 31.4 Å². The Hall–Kier alpha value is -3.03. The van der Waals surface area contributed by atoms with E-state index in [-0.39, 0.29) is 35.8 Å². The van der Waals surface area contributed by atoms with Gasteiger partial charge in [0.2, 0.25) is 5.95 Å². The molecule has 1 unspecified atom stereocenters. The average Bonchev–Trinajstić information content (AvgIpc) is 2.74. The number of aromatic nitrogens is 2. The minimum Gasteiger partial charge on any atom is -0.435 e. The first kappa shape index (κ1) is 23.6. The zero-order chi connectivity index (χ0) is 23.3. The summed E-state index contributed by atoms with van der Waals surface area (Å²) < 4.78 is 28.8. The van der Waals surface area contributed by atoms with Crippen molar-refractivity contribution in [2.45, 2.75) is 58.0 Å². The third kappa shape index (κ3) is 6.02. The number of nitriles is 1. The molecule has 0 spiro atoms. The Morgan fingerprint density at radius 3 is 2.62 bits per heavy atom. The molecule has 172 valence electrons. The van der Waals surface area contributed by atoms with Gasteiger partial charge in [0.15, 0.2) is 0 Å². The van der Waals surface area contributed by atoms with Crippen molar-refractivity contribution in [3.8, 4) is 11.8 Å². The molecule has 0 amide bonds. The van der Waals surface area contributed by atoms with Gasteiger partial charge in [0, 0.05) is 12.6 Å². The molecule has 1 aliphatic carbocycles. The van der Waals surface area contributed by atoms with Gasteiger partial charge in [0.1, 0.15) is 23.2 Å². The molecule has 0 aliphatic heterocycles. The molecule has 4 N–H and O–H groups in total. The van der Waals surface area contributed by atoms with Crippen molar-refractivity contribution in [2.75, 3.05) is 17.2 Å². The molecule has 0 bridgehead atoms. The number of benzene rings is 1. The molecule has 0 saturated heterocycles. The Morgan fingerprint density at radius 2 is 2.00 bits per heavy atom. The lowest BCUT2D eigenvalue weighted by Crippen LogP contribution is -2.41. The highest BCUT2D eigenvalue weighted by atomic mass is 19.3. The molecular weight excluding hydrogens is 420 g/mol. The van der Waals surface area contributed by atoms with Crippen LogP contribution in [0.5, 0.6) is 5.75 Å². The molecule has 8 nitrogen and oxygen atoms in total. The summed E-state index contributed by atoms with van der Waals surface area (Å²) in [5, 5.41) is 36.1. The SMILES string of the molecule is CC1(C)C[C@@H](Nc2nc(NCC(O)c3ccc(OC(F)F)cc3)ncc2C#N)CC[C@H]1O. The van der Waals surface area contributed by atoms with Crippen molar-refractivity contribution in [3.63, 3.8) is 0 Å². The molecule has 1 aromatic heterocycles. The summed E-state index contributed by atoms with van der Waals surface area (Å²) >= 11 is 0. The van der Waals surface area contributed by atoms with Crippen LogP contribution in [0.15, 0.2) is 30.5 Å². The summed E-state index contributed by atoms with van der Waals surface area (Å²) in [6.45, 7) is 1.19. The highest BCUT2D eigenvalue weighted by Gasteiger charge is 2.35. The summed E-state index contributed by atoms with van der Waals surface area (Å²) in [4.78, 5) is 8.50. The maximum atomic E-state index is 12.2. The van der Waals surface area contributed by atoms with Crippen molar-refractivity contribution in [2.24, 2.45) is 5.41 Å². The second kappa shape index (κ2) is 10.1. The number of hydrogen-bond acceptors (Lipinski definition) is 8. The number of rotatable bonds is 8. The van der Waals surface area contributed by atoms with Crippen molar-refractivity contribution < 1.29 is 23.7 Å². The van der Waals surface area contributed by atoms with Crippen LogP contribution in [0.4, 0.5) is 20.5 Å². The normalized spacial score (nSPS) is 20.9. The van der Waals surface area contributed by atoms with Gasteiger partial charge >= 0.3 is 6.61 Å². The van der Waals surface area contributed by atoms with Gasteiger partial charge in [0.25, 0.3) is 0 Å². The lowest BCUT2D eigenvalue weighted by Gasteiger charge is -2.40. The van der Waals surface area contributed by atoms with Gasteiger partial charge in [0.05, 0.1) is 18.4 Å². The van der Waals surface area contributed by atoms with E-state index in [4.69, 9.17) is 0 Å². The van der Waals surface area contributed by atoms with Gasteiger partial charge in [-0.15, -0.1) is 0 Å². The van der Waals surface area contributed by atoms with Gasteiger partial charge in [-0.2, -0.15) is 19.0 Å². The van der Waals surface area contributed by atoms with E-state index in [0.717, 1.165) is 12.8 Å². The molecule has 3 rings (SSSR count). The first-order valence-corrected chi connectivity index (χ1v) is 10.4. The highest BCUT2D eigenvalue weighted by Crippen LogP contribution is 2.37. The lowest BCUT2D eigenvalue weighted by atomic mass is 9.73. The van der Waals surface area contributed by atoms with Crippen LogP contribution in [0.2, 0.25) is 0 Å². The molecule has 1 aromatic carbocycles. The highest BCUT2D eigenvalue weighted by molar-refractivity contribution is 5.54. The number of aliphatic hydroxyl groups excluding tert-OH is 2. The summed E-state index contributed by atoms with van der Waals surface area (Å²) in [6.07, 6.45) is 2.25. The van der Waals surface area contributed by atoms with Crippen LogP contribution in [0, 0.1) is 16.7 Å². The Labute approximate surface area is 185 Å². The van der Waals surface area contributed by atoms with Crippen LogP contribution in [-0.4, -0.2) is 45.5 Å². The van der Waals surface area contributed by atoms with Gasteiger partial charge in [-0.25, -0.2) is 4.98 Å². The van der Waals surface area contributed by atoms with Crippen molar-refractivity contribution in [1.82, 2.24) is 9.97 Å². The molecule has 1 heterocycles.